The third-order valence-electron chi connectivity index (χ3n) is 1.73. The van der Waals surface area contributed by atoms with Crippen LogP contribution >= 0.6 is 11.8 Å². The summed E-state index contributed by atoms with van der Waals surface area (Å²) in [4.78, 5) is 11.3. The number of carbonyl (C=O) groups excluding carboxylic acids is 1. The van der Waals surface area contributed by atoms with Crippen LogP contribution in [0.2, 0.25) is 0 Å². The molecule has 2 atom stereocenters. The van der Waals surface area contributed by atoms with Crippen LogP contribution in [0.5, 0.6) is 0 Å². The number of rotatable bonds is 6. The Morgan fingerprint density at radius 3 is 2.43 bits per heavy atom. The summed E-state index contributed by atoms with van der Waals surface area (Å²) in [7, 11) is 0. The van der Waals surface area contributed by atoms with Crippen molar-refractivity contribution in [2.75, 3.05) is 18.6 Å². The molecule has 0 spiro atoms. The van der Waals surface area contributed by atoms with Crippen LogP contribution in [-0.4, -0.2) is 41.8 Å². The predicted molar refractivity (Wildman–Crippen MR) is 60.7 cm³/mol. The lowest BCUT2D eigenvalue weighted by Crippen LogP contribution is -2.45. The SMILES string of the molecule is CSCC(C)NC(=O)N[C@H](C)CCO. The van der Waals surface area contributed by atoms with E-state index >= 15 is 0 Å². The summed E-state index contributed by atoms with van der Waals surface area (Å²) in [5.74, 6) is 0.905. The van der Waals surface area contributed by atoms with Crippen molar-refractivity contribution in [3.63, 3.8) is 0 Å². The van der Waals surface area contributed by atoms with Gasteiger partial charge in [-0.25, -0.2) is 4.79 Å². The normalized spacial score (nSPS) is 14.6. The molecule has 84 valence electrons. The van der Waals surface area contributed by atoms with Gasteiger partial charge in [0.2, 0.25) is 0 Å². The number of amides is 2. The van der Waals surface area contributed by atoms with Gasteiger partial charge in [0.05, 0.1) is 0 Å². The van der Waals surface area contributed by atoms with E-state index in [4.69, 9.17) is 5.11 Å². The van der Waals surface area contributed by atoms with Gasteiger partial charge in [0.1, 0.15) is 0 Å². The minimum atomic E-state index is -0.160. The molecule has 0 aromatic carbocycles. The zero-order valence-corrected chi connectivity index (χ0v) is 9.86. The van der Waals surface area contributed by atoms with E-state index in [1.165, 1.54) is 0 Å². The van der Waals surface area contributed by atoms with E-state index < -0.39 is 0 Å². The lowest BCUT2D eigenvalue weighted by atomic mass is 10.2. The van der Waals surface area contributed by atoms with Crippen molar-refractivity contribution in [2.24, 2.45) is 0 Å². The fourth-order valence-electron chi connectivity index (χ4n) is 1.05. The molecule has 0 aromatic heterocycles. The van der Waals surface area contributed by atoms with Crippen molar-refractivity contribution in [2.45, 2.75) is 32.4 Å². The molecular weight excluding hydrogens is 200 g/mol. The highest BCUT2D eigenvalue weighted by Crippen LogP contribution is 1.96. The summed E-state index contributed by atoms with van der Waals surface area (Å²) < 4.78 is 0. The number of hydrogen-bond donors (Lipinski definition) is 3. The minimum absolute atomic E-state index is 0.0153. The van der Waals surface area contributed by atoms with Crippen LogP contribution < -0.4 is 10.6 Å². The van der Waals surface area contributed by atoms with Crippen molar-refractivity contribution in [3.05, 3.63) is 0 Å². The number of nitrogens with one attached hydrogen (secondary N) is 2. The number of urea groups is 1. The smallest absolute Gasteiger partial charge is 0.315 e. The second-order valence-electron chi connectivity index (χ2n) is 3.39. The van der Waals surface area contributed by atoms with Crippen molar-refractivity contribution < 1.29 is 9.90 Å². The van der Waals surface area contributed by atoms with E-state index in [2.05, 4.69) is 10.6 Å². The molecule has 1 unspecified atom stereocenters. The van der Waals surface area contributed by atoms with Gasteiger partial charge in [-0.05, 0) is 26.5 Å². The molecule has 0 saturated heterocycles. The average molecular weight is 220 g/mol. The highest BCUT2D eigenvalue weighted by Gasteiger charge is 2.08. The Morgan fingerprint density at radius 2 is 1.93 bits per heavy atom. The summed E-state index contributed by atoms with van der Waals surface area (Å²) in [6.07, 6.45) is 2.59. The first-order valence-corrected chi connectivity index (χ1v) is 6.16. The molecule has 4 nitrogen and oxygen atoms in total. The van der Waals surface area contributed by atoms with Gasteiger partial charge in [-0.2, -0.15) is 11.8 Å². The maximum Gasteiger partial charge on any atom is 0.315 e. The Labute approximate surface area is 89.8 Å². The van der Waals surface area contributed by atoms with Gasteiger partial charge in [-0.3, -0.25) is 0 Å². The van der Waals surface area contributed by atoms with Crippen LogP contribution in [-0.2, 0) is 0 Å². The van der Waals surface area contributed by atoms with Crippen LogP contribution in [0.4, 0.5) is 4.79 Å². The number of carbonyl (C=O) groups is 1. The van der Waals surface area contributed by atoms with E-state index in [0.717, 1.165) is 5.75 Å². The summed E-state index contributed by atoms with van der Waals surface area (Å²) in [5, 5.41) is 14.2. The van der Waals surface area contributed by atoms with Crippen molar-refractivity contribution in [1.82, 2.24) is 10.6 Å². The van der Waals surface area contributed by atoms with Gasteiger partial charge in [-0.1, -0.05) is 0 Å². The van der Waals surface area contributed by atoms with E-state index in [1.807, 2.05) is 20.1 Å². The molecule has 2 amide bonds. The largest absolute Gasteiger partial charge is 0.396 e. The molecule has 0 aromatic rings. The van der Waals surface area contributed by atoms with Gasteiger partial charge in [0.25, 0.3) is 0 Å². The van der Waals surface area contributed by atoms with E-state index in [0.29, 0.717) is 6.42 Å². The minimum Gasteiger partial charge on any atom is -0.396 e. The zero-order valence-electron chi connectivity index (χ0n) is 9.04. The van der Waals surface area contributed by atoms with Gasteiger partial charge < -0.3 is 15.7 Å². The second-order valence-corrected chi connectivity index (χ2v) is 4.30. The standard InChI is InChI=1S/C9H20N2O2S/c1-7(4-5-12)10-9(13)11-8(2)6-14-3/h7-8,12H,4-6H2,1-3H3,(H2,10,11,13)/t7-,8?/m1/s1. The zero-order chi connectivity index (χ0) is 11.0. The van der Waals surface area contributed by atoms with Crippen LogP contribution in [0.15, 0.2) is 0 Å². The molecule has 0 bridgehead atoms. The van der Waals surface area contributed by atoms with E-state index in [9.17, 15) is 4.79 Å². The Balaban J connectivity index is 3.63. The molecule has 0 radical (unpaired) electrons. The van der Waals surface area contributed by atoms with Crippen molar-refractivity contribution in [1.29, 1.82) is 0 Å². The molecule has 0 rings (SSSR count). The number of aliphatic hydroxyl groups is 1. The predicted octanol–water partition coefficient (Wildman–Crippen LogP) is 0.808. The first kappa shape index (κ1) is 13.6. The van der Waals surface area contributed by atoms with Gasteiger partial charge in [0, 0.05) is 24.4 Å². The summed E-state index contributed by atoms with van der Waals surface area (Å²) in [6, 6.07) is 0.0281. The maximum atomic E-state index is 11.3. The second kappa shape index (κ2) is 7.94. The van der Waals surface area contributed by atoms with Crippen LogP contribution in [0.3, 0.4) is 0 Å². The Bertz CT molecular complexity index is 151. The highest BCUT2D eigenvalue weighted by molar-refractivity contribution is 7.98. The van der Waals surface area contributed by atoms with Crippen LogP contribution in [0.25, 0.3) is 0 Å². The molecule has 0 heterocycles. The Hall–Kier alpha value is -0.420. The quantitative estimate of drug-likeness (QED) is 0.621. The fraction of sp³-hybridized carbons (Fsp3) is 0.889. The fourth-order valence-corrected chi connectivity index (χ4v) is 1.63. The lowest BCUT2D eigenvalue weighted by molar-refractivity contribution is 0.229. The summed E-state index contributed by atoms with van der Waals surface area (Å²) >= 11 is 1.70. The Morgan fingerprint density at radius 1 is 1.36 bits per heavy atom. The van der Waals surface area contributed by atoms with E-state index in [1.54, 1.807) is 11.8 Å². The van der Waals surface area contributed by atoms with Gasteiger partial charge >= 0.3 is 6.03 Å². The first-order valence-electron chi connectivity index (χ1n) is 4.77. The molecule has 0 saturated carbocycles. The molecule has 0 aliphatic heterocycles. The van der Waals surface area contributed by atoms with Crippen molar-refractivity contribution in [3.8, 4) is 0 Å². The monoisotopic (exact) mass is 220 g/mol. The number of thioether (sulfide) groups is 1. The van der Waals surface area contributed by atoms with Crippen molar-refractivity contribution >= 4 is 17.8 Å². The molecular formula is C9H20N2O2S. The Kier molecular flexibility index (Phi) is 7.70. The third-order valence-corrected chi connectivity index (χ3v) is 2.57. The third kappa shape index (κ3) is 7.03. The summed E-state index contributed by atoms with van der Waals surface area (Å²) in [5.41, 5.74) is 0. The topological polar surface area (TPSA) is 61.4 Å². The molecule has 0 fully saturated rings. The van der Waals surface area contributed by atoms with Gasteiger partial charge in [0.15, 0.2) is 0 Å². The molecule has 0 aliphatic rings. The number of hydrogen-bond acceptors (Lipinski definition) is 3. The molecule has 3 N–H and O–H groups in total. The molecule has 0 aliphatic carbocycles. The highest BCUT2D eigenvalue weighted by atomic mass is 32.2. The first-order chi connectivity index (χ1) is 6.60. The van der Waals surface area contributed by atoms with Crippen LogP contribution in [0, 0.1) is 0 Å². The average Bonchev–Trinajstić information content (AvgIpc) is 2.03. The number of aliphatic hydroxyl groups excluding tert-OH is 1. The lowest BCUT2D eigenvalue weighted by Gasteiger charge is -2.16. The maximum absolute atomic E-state index is 11.3. The molecule has 14 heavy (non-hydrogen) atoms. The molecule has 5 heteroatoms. The summed E-state index contributed by atoms with van der Waals surface area (Å²) in [6.45, 7) is 3.93. The van der Waals surface area contributed by atoms with Gasteiger partial charge in [-0.15, -0.1) is 0 Å². The van der Waals surface area contributed by atoms with Crippen LogP contribution in [0.1, 0.15) is 20.3 Å². The van der Waals surface area contributed by atoms with E-state index in [-0.39, 0.29) is 24.7 Å².